The molecule has 0 fully saturated rings. The zero-order valence-corrected chi connectivity index (χ0v) is 9.47. The molecule has 1 aliphatic rings. The minimum atomic E-state index is 0.365. The summed E-state index contributed by atoms with van der Waals surface area (Å²) in [6.07, 6.45) is 12.6. The molecule has 1 atom stereocenters. The minimum absolute atomic E-state index is 0.365. The van der Waals surface area contributed by atoms with E-state index in [1.165, 1.54) is 44.9 Å². The second kappa shape index (κ2) is 7.05. The number of rotatable bonds is 6. The molecule has 1 N–H and O–H groups in total. The van der Waals surface area contributed by atoms with E-state index in [-0.39, 0.29) is 0 Å². The Bertz CT molecular complexity index is 172. The SMILES string of the molecule is CCCC1=CCCC(CCCCO)C1. The van der Waals surface area contributed by atoms with Gasteiger partial charge in [-0.25, -0.2) is 0 Å². The smallest absolute Gasteiger partial charge is 0.0431 e. The topological polar surface area (TPSA) is 20.2 Å². The predicted molar refractivity (Wildman–Crippen MR) is 61.3 cm³/mol. The van der Waals surface area contributed by atoms with Gasteiger partial charge in [-0.3, -0.25) is 0 Å². The Hall–Kier alpha value is -0.300. The summed E-state index contributed by atoms with van der Waals surface area (Å²) in [7, 11) is 0. The average molecular weight is 196 g/mol. The molecule has 1 nitrogen and oxygen atoms in total. The predicted octanol–water partition coefficient (Wildman–Crippen LogP) is 3.68. The van der Waals surface area contributed by atoms with Gasteiger partial charge in [-0.05, 0) is 38.0 Å². The van der Waals surface area contributed by atoms with Crippen LogP contribution in [0.25, 0.3) is 0 Å². The highest BCUT2D eigenvalue weighted by Gasteiger charge is 2.14. The number of allylic oxidation sites excluding steroid dienone is 2. The Morgan fingerprint density at radius 3 is 3.00 bits per heavy atom. The van der Waals surface area contributed by atoms with Crippen LogP contribution in [0.15, 0.2) is 11.6 Å². The van der Waals surface area contributed by atoms with E-state index in [0.29, 0.717) is 6.61 Å². The first kappa shape index (κ1) is 11.8. The monoisotopic (exact) mass is 196 g/mol. The van der Waals surface area contributed by atoms with Crippen molar-refractivity contribution in [1.82, 2.24) is 0 Å². The molecule has 0 bridgehead atoms. The summed E-state index contributed by atoms with van der Waals surface area (Å²) in [6.45, 7) is 2.63. The highest BCUT2D eigenvalue weighted by Crippen LogP contribution is 2.30. The van der Waals surface area contributed by atoms with Crippen molar-refractivity contribution in [2.75, 3.05) is 6.61 Å². The van der Waals surface area contributed by atoms with Crippen LogP contribution in [0.1, 0.15) is 58.3 Å². The van der Waals surface area contributed by atoms with E-state index in [9.17, 15) is 0 Å². The van der Waals surface area contributed by atoms with E-state index in [1.807, 2.05) is 0 Å². The summed E-state index contributed by atoms with van der Waals surface area (Å²) >= 11 is 0. The molecule has 0 radical (unpaired) electrons. The van der Waals surface area contributed by atoms with Crippen LogP contribution in [0.5, 0.6) is 0 Å². The summed E-state index contributed by atoms with van der Waals surface area (Å²) in [4.78, 5) is 0. The molecule has 1 heteroatoms. The Balaban J connectivity index is 2.19. The van der Waals surface area contributed by atoms with Gasteiger partial charge in [0.1, 0.15) is 0 Å². The molecular formula is C13H24O. The van der Waals surface area contributed by atoms with Crippen LogP contribution in [0.4, 0.5) is 0 Å². The van der Waals surface area contributed by atoms with E-state index in [0.717, 1.165) is 12.3 Å². The summed E-state index contributed by atoms with van der Waals surface area (Å²) in [5.74, 6) is 0.910. The van der Waals surface area contributed by atoms with Crippen molar-refractivity contribution in [2.45, 2.75) is 58.3 Å². The van der Waals surface area contributed by atoms with Crippen LogP contribution in [0, 0.1) is 5.92 Å². The quantitative estimate of drug-likeness (QED) is 0.507. The molecule has 14 heavy (non-hydrogen) atoms. The number of aliphatic hydroxyl groups is 1. The van der Waals surface area contributed by atoms with E-state index in [2.05, 4.69) is 13.0 Å². The Labute approximate surface area is 88.2 Å². The molecule has 1 rings (SSSR count). The van der Waals surface area contributed by atoms with Crippen molar-refractivity contribution in [3.8, 4) is 0 Å². The maximum absolute atomic E-state index is 8.72. The molecule has 0 aromatic rings. The van der Waals surface area contributed by atoms with E-state index in [1.54, 1.807) is 5.57 Å². The number of unbranched alkanes of at least 4 members (excludes halogenated alkanes) is 1. The number of aliphatic hydroxyl groups excluding tert-OH is 1. The lowest BCUT2D eigenvalue weighted by Gasteiger charge is -2.22. The summed E-state index contributed by atoms with van der Waals surface area (Å²) in [6, 6.07) is 0. The van der Waals surface area contributed by atoms with Gasteiger partial charge in [0.25, 0.3) is 0 Å². The molecule has 1 aliphatic carbocycles. The largest absolute Gasteiger partial charge is 0.396 e. The van der Waals surface area contributed by atoms with Crippen molar-refractivity contribution < 1.29 is 5.11 Å². The van der Waals surface area contributed by atoms with Gasteiger partial charge in [0.2, 0.25) is 0 Å². The van der Waals surface area contributed by atoms with Crippen molar-refractivity contribution >= 4 is 0 Å². The molecule has 0 spiro atoms. The highest BCUT2D eigenvalue weighted by molar-refractivity contribution is 5.06. The molecule has 0 amide bonds. The van der Waals surface area contributed by atoms with Crippen molar-refractivity contribution in [3.63, 3.8) is 0 Å². The molecule has 0 saturated heterocycles. The molecule has 0 aromatic heterocycles. The zero-order chi connectivity index (χ0) is 10.2. The maximum atomic E-state index is 8.72. The third kappa shape index (κ3) is 4.28. The normalized spacial score (nSPS) is 22.1. The lowest BCUT2D eigenvalue weighted by Crippen LogP contribution is -2.07. The van der Waals surface area contributed by atoms with Gasteiger partial charge in [-0.2, -0.15) is 0 Å². The third-order valence-electron chi connectivity index (χ3n) is 3.15. The lowest BCUT2D eigenvalue weighted by molar-refractivity contribution is 0.275. The van der Waals surface area contributed by atoms with Crippen molar-refractivity contribution in [3.05, 3.63) is 11.6 Å². The van der Waals surface area contributed by atoms with E-state index >= 15 is 0 Å². The molecule has 0 saturated carbocycles. The number of hydrogen-bond donors (Lipinski definition) is 1. The van der Waals surface area contributed by atoms with E-state index in [4.69, 9.17) is 5.11 Å². The van der Waals surface area contributed by atoms with Crippen LogP contribution >= 0.6 is 0 Å². The minimum Gasteiger partial charge on any atom is -0.396 e. The van der Waals surface area contributed by atoms with Gasteiger partial charge in [-0.1, -0.05) is 37.8 Å². The molecule has 0 aliphatic heterocycles. The Morgan fingerprint density at radius 1 is 1.43 bits per heavy atom. The van der Waals surface area contributed by atoms with Crippen molar-refractivity contribution in [1.29, 1.82) is 0 Å². The number of hydrogen-bond acceptors (Lipinski definition) is 1. The first-order chi connectivity index (χ1) is 6.86. The molecule has 0 aromatic carbocycles. The second-order valence-electron chi connectivity index (χ2n) is 4.48. The standard InChI is InChI=1S/C13H24O/c1-2-6-12-8-5-9-13(11-12)7-3-4-10-14/h8,13-14H,2-7,9-11H2,1H3. The fourth-order valence-electron chi connectivity index (χ4n) is 2.40. The van der Waals surface area contributed by atoms with Gasteiger partial charge in [0.15, 0.2) is 0 Å². The van der Waals surface area contributed by atoms with Crippen LogP contribution in [0.2, 0.25) is 0 Å². The van der Waals surface area contributed by atoms with Crippen LogP contribution < -0.4 is 0 Å². The molecular weight excluding hydrogens is 172 g/mol. The highest BCUT2D eigenvalue weighted by atomic mass is 16.2. The average Bonchev–Trinajstić information content (AvgIpc) is 2.19. The van der Waals surface area contributed by atoms with Crippen LogP contribution in [-0.4, -0.2) is 11.7 Å². The van der Waals surface area contributed by atoms with Gasteiger partial charge in [-0.15, -0.1) is 0 Å². The first-order valence-electron chi connectivity index (χ1n) is 6.15. The summed E-state index contributed by atoms with van der Waals surface area (Å²) in [5.41, 5.74) is 1.69. The maximum Gasteiger partial charge on any atom is 0.0431 e. The van der Waals surface area contributed by atoms with Crippen molar-refractivity contribution in [2.24, 2.45) is 5.92 Å². The second-order valence-corrected chi connectivity index (χ2v) is 4.48. The molecule has 82 valence electrons. The Kier molecular flexibility index (Phi) is 5.93. The van der Waals surface area contributed by atoms with Gasteiger partial charge in [0.05, 0.1) is 0 Å². The zero-order valence-electron chi connectivity index (χ0n) is 9.47. The molecule has 1 unspecified atom stereocenters. The summed E-state index contributed by atoms with van der Waals surface area (Å²) < 4.78 is 0. The molecule has 0 heterocycles. The summed E-state index contributed by atoms with van der Waals surface area (Å²) in [5, 5.41) is 8.72. The van der Waals surface area contributed by atoms with Gasteiger partial charge < -0.3 is 5.11 Å². The Morgan fingerprint density at radius 2 is 2.29 bits per heavy atom. The van der Waals surface area contributed by atoms with Gasteiger partial charge in [0, 0.05) is 6.61 Å². The van der Waals surface area contributed by atoms with Crippen LogP contribution in [0.3, 0.4) is 0 Å². The fourth-order valence-corrected chi connectivity index (χ4v) is 2.40. The lowest BCUT2D eigenvalue weighted by atomic mass is 9.84. The first-order valence-corrected chi connectivity index (χ1v) is 6.15. The van der Waals surface area contributed by atoms with Crippen LogP contribution in [-0.2, 0) is 0 Å². The van der Waals surface area contributed by atoms with E-state index < -0.39 is 0 Å². The van der Waals surface area contributed by atoms with Gasteiger partial charge >= 0.3 is 0 Å². The third-order valence-corrected chi connectivity index (χ3v) is 3.15. The fraction of sp³-hybridized carbons (Fsp3) is 0.846.